The molecule has 0 aromatic rings. The highest BCUT2D eigenvalue weighted by Crippen LogP contribution is 2.43. The van der Waals surface area contributed by atoms with Gasteiger partial charge in [0.25, 0.3) is 0 Å². The summed E-state index contributed by atoms with van der Waals surface area (Å²) < 4.78 is 17.6. The first kappa shape index (κ1) is 34.2. The van der Waals surface area contributed by atoms with Gasteiger partial charge in [-0.3, -0.25) is 9.59 Å². The van der Waals surface area contributed by atoms with Crippen molar-refractivity contribution in [2.24, 2.45) is 35.3 Å². The topological polar surface area (TPSA) is 161 Å². The van der Waals surface area contributed by atoms with E-state index in [-0.39, 0.29) is 73.8 Å². The van der Waals surface area contributed by atoms with Gasteiger partial charge in [-0.25, -0.2) is 0 Å². The van der Waals surface area contributed by atoms with Crippen LogP contribution in [0.25, 0.3) is 0 Å². The lowest BCUT2D eigenvalue weighted by Crippen LogP contribution is -2.50. The Morgan fingerprint density at radius 1 is 0.976 bits per heavy atom. The van der Waals surface area contributed by atoms with Gasteiger partial charge < -0.3 is 40.6 Å². The molecule has 2 aliphatic carbocycles. The number of rotatable bonds is 13. The molecule has 2 saturated carbocycles. The standard InChI is InChI=1S/C31H56N2O8/c1-20(36)40-26(17-29(41-21(2)37)25-7-5-3-4-6-22(14-25)19-35)9-8-23-15-30(39-13-12-34)28(38)18-27(23)24-10-11-33-31(32)16-24/h22-31,33-35,38H,3-19,32H2,1-2H3/t22-,23?,24?,25-,26-,27?,28?,29-,30?,31?/m1/s1. The Morgan fingerprint density at radius 2 is 1.73 bits per heavy atom. The van der Waals surface area contributed by atoms with Gasteiger partial charge in [-0.2, -0.15) is 0 Å². The third-order valence-electron chi connectivity index (χ3n) is 9.70. The van der Waals surface area contributed by atoms with Crippen molar-refractivity contribution in [3.63, 3.8) is 0 Å². The van der Waals surface area contributed by atoms with Crippen LogP contribution in [-0.4, -0.2) is 84.2 Å². The maximum Gasteiger partial charge on any atom is 0.302 e. The number of hydrogen-bond donors (Lipinski definition) is 5. The fourth-order valence-electron chi connectivity index (χ4n) is 7.77. The Morgan fingerprint density at radius 3 is 2.41 bits per heavy atom. The molecule has 238 valence electrons. The van der Waals surface area contributed by atoms with Gasteiger partial charge in [0.05, 0.1) is 31.6 Å². The van der Waals surface area contributed by atoms with E-state index < -0.39 is 12.2 Å². The Kier molecular flexibility index (Phi) is 14.8. The molecule has 1 heterocycles. The molecule has 3 fully saturated rings. The predicted octanol–water partition coefficient (Wildman–Crippen LogP) is 2.65. The van der Waals surface area contributed by atoms with E-state index in [0.29, 0.717) is 31.6 Å². The molecule has 0 bridgehead atoms. The van der Waals surface area contributed by atoms with Gasteiger partial charge in [-0.05, 0) is 93.9 Å². The summed E-state index contributed by atoms with van der Waals surface area (Å²) in [6.45, 7) is 3.92. The van der Waals surface area contributed by atoms with Crippen molar-refractivity contribution in [2.45, 2.75) is 128 Å². The van der Waals surface area contributed by atoms with Crippen molar-refractivity contribution >= 4 is 11.9 Å². The first-order chi connectivity index (χ1) is 19.7. The molecule has 0 aromatic heterocycles. The lowest BCUT2D eigenvalue weighted by atomic mass is 9.66. The van der Waals surface area contributed by atoms with Gasteiger partial charge >= 0.3 is 11.9 Å². The van der Waals surface area contributed by atoms with E-state index in [1.54, 1.807) is 0 Å². The number of carbonyl (C=O) groups is 2. The largest absolute Gasteiger partial charge is 0.462 e. The molecule has 6 N–H and O–H groups in total. The molecule has 10 nitrogen and oxygen atoms in total. The van der Waals surface area contributed by atoms with E-state index in [0.717, 1.165) is 64.3 Å². The maximum absolute atomic E-state index is 12.2. The Bertz CT molecular complexity index is 785. The van der Waals surface area contributed by atoms with Gasteiger partial charge in [0.2, 0.25) is 0 Å². The second-order valence-electron chi connectivity index (χ2n) is 12.8. The van der Waals surface area contributed by atoms with Crippen LogP contribution < -0.4 is 11.1 Å². The van der Waals surface area contributed by atoms with Crippen LogP contribution in [0.5, 0.6) is 0 Å². The lowest BCUT2D eigenvalue weighted by Gasteiger charge is -2.45. The third-order valence-corrected chi connectivity index (χ3v) is 9.70. The van der Waals surface area contributed by atoms with Crippen molar-refractivity contribution in [2.75, 3.05) is 26.4 Å². The third kappa shape index (κ3) is 11.4. The minimum atomic E-state index is -0.592. The fourth-order valence-corrected chi connectivity index (χ4v) is 7.77. The SMILES string of the molecule is CC(=O)O[C@H](CCC1CC(OCCO)C(O)CC1C1CCNC(N)C1)C[C@@H](OC(C)=O)[C@@H]1CCCCC[C@@H](CO)C1. The smallest absolute Gasteiger partial charge is 0.302 e. The Labute approximate surface area is 246 Å². The van der Waals surface area contributed by atoms with E-state index in [2.05, 4.69) is 5.32 Å². The molecule has 1 saturated heterocycles. The second kappa shape index (κ2) is 17.7. The summed E-state index contributed by atoms with van der Waals surface area (Å²) in [6.07, 6.45) is 9.15. The molecule has 6 unspecified atom stereocenters. The van der Waals surface area contributed by atoms with Crippen LogP contribution in [-0.2, 0) is 23.8 Å². The zero-order valence-electron chi connectivity index (χ0n) is 25.3. The summed E-state index contributed by atoms with van der Waals surface area (Å²) in [5.41, 5.74) is 6.25. The summed E-state index contributed by atoms with van der Waals surface area (Å²) in [5.74, 6) is 0.494. The van der Waals surface area contributed by atoms with Crippen molar-refractivity contribution in [3.05, 3.63) is 0 Å². The van der Waals surface area contributed by atoms with E-state index in [1.165, 1.54) is 13.8 Å². The average molecular weight is 585 g/mol. The first-order valence-corrected chi connectivity index (χ1v) is 16.0. The highest BCUT2D eigenvalue weighted by molar-refractivity contribution is 5.66. The van der Waals surface area contributed by atoms with E-state index in [9.17, 15) is 24.9 Å². The lowest BCUT2D eigenvalue weighted by molar-refractivity contribution is -0.157. The molecule has 3 aliphatic rings. The first-order valence-electron chi connectivity index (χ1n) is 16.0. The van der Waals surface area contributed by atoms with Crippen LogP contribution in [0.3, 0.4) is 0 Å². The molecule has 41 heavy (non-hydrogen) atoms. The zero-order chi connectivity index (χ0) is 29.8. The molecule has 0 aromatic carbocycles. The van der Waals surface area contributed by atoms with Gasteiger partial charge in [0.1, 0.15) is 12.2 Å². The fraction of sp³-hybridized carbons (Fsp3) is 0.935. The minimum Gasteiger partial charge on any atom is -0.462 e. The Balaban J connectivity index is 1.74. The van der Waals surface area contributed by atoms with Gasteiger partial charge in [0.15, 0.2) is 0 Å². The number of ether oxygens (including phenoxy) is 3. The van der Waals surface area contributed by atoms with Crippen molar-refractivity contribution in [1.82, 2.24) is 5.32 Å². The minimum absolute atomic E-state index is 0.0558. The molecular formula is C31H56N2O8. The van der Waals surface area contributed by atoms with Crippen LogP contribution in [0, 0.1) is 29.6 Å². The monoisotopic (exact) mass is 584 g/mol. The van der Waals surface area contributed by atoms with Gasteiger partial charge in [-0.1, -0.05) is 19.3 Å². The maximum atomic E-state index is 12.2. The number of carbonyl (C=O) groups excluding carboxylic acids is 2. The van der Waals surface area contributed by atoms with Gasteiger partial charge in [-0.15, -0.1) is 0 Å². The number of aliphatic hydroxyl groups excluding tert-OH is 3. The number of hydrogen-bond acceptors (Lipinski definition) is 10. The molecule has 0 amide bonds. The number of esters is 2. The summed E-state index contributed by atoms with van der Waals surface area (Å²) >= 11 is 0. The van der Waals surface area contributed by atoms with Crippen LogP contribution in [0.1, 0.15) is 97.3 Å². The predicted molar refractivity (Wildman–Crippen MR) is 154 cm³/mol. The number of aliphatic hydroxyl groups is 3. The van der Waals surface area contributed by atoms with Crippen molar-refractivity contribution < 1.29 is 39.1 Å². The molecular weight excluding hydrogens is 528 g/mol. The zero-order valence-corrected chi connectivity index (χ0v) is 25.3. The van der Waals surface area contributed by atoms with Crippen molar-refractivity contribution in [3.8, 4) is 0 Å². The average Bonchev–Trinajstić information content (AvgIpc) is 2.90. The number of nitrogens with two attached hydrogens (primary N) is 1. The summed E-state index contributed by atoms with van der Waals surface area (Å²) in [4.78, 5) is 24.3. The number of piperidine rings is 1. The number of nitrogens with one attached hydrogen (secondary N) is 1. The van der Waals surface area contributed by atoms with Crippen LogP contribution >= 0.6 is 0 Å². The van der Waals surface area contributed by atoms with E-state index >= 15 is 0 Å². The molecule has 0 spiro atoms. The quantitative estimate of drug-likeness (QED) is 0.204. The summed E-state index contributed by atoms with van der Waals surface area (Å²) in [7, 11) is 0. The van der Waals surface area contributed by atoms with E-state index in [1.807, 2.05) is 0 Å². The van der Waals surface area contributed by atoms with Crippen molar-refractivity contribution in [1.29, 1.82) is 0 Å². The van der Waals surface area contributed by atoms with E-state index in [4.69, 9.17) is 19.9 Å². The van der Waals surface area contributed by atoms with Crippen LogP contribution in [0.4, 0.5) is 0 Å². The molecule has 1 aliphatic heterocycles. The summed E-state index contributed by atoms with van der Waals surface area (Å²) in [6, 6.07) is 0. The molecule has 3 rings (SSSR count). The molecule has 0 radical (unpaired) electrons. The van der Waals surface area contributed by atoms with Gasteiger partial charge in [0, 0.05) is 26.9 Å². The second-order valence-corrected chi connectivity index (χ2v) is 12.8. The molecule has 10 heteroatoms. The Hall–Kier alpha value is -1.30. The van der Waals surface area contributed by atoms with Crippen LogP contribution in [0.2, 0.25) is 0 Å². The highest BCUT2D eigenvalue weighted by Gasteiger charge is 2.42. The summed E-state index contributed by atoms with van der Waals surface area (Å²) in [5, 5.41) is 33.5. The highest BCUT2D eigenvalue weighted by atomic mass is 16.6. The normalized spacial score (nSPS) is 34.6. The van der Waals surface area contributed by atoms with Crippen LogP contribution in [0.15, 0.2) is 0 Å². The molecule has 10 atom stereocenters.